The van der Waals surface area contributed by atoms with Crippen molar-refractivity contribution < 1.29 is 0 Å². The lowest BCUT2D eigenvalue weighted by atomic mass is 10.0. The molecule has 0 saturated carbocycles. The summed E-state index contributed by atoms with van der Waals surface area (Å²) in [5.74, 6) is 0.759. The van der Waals surface area contributed by atoms with Crippen LogP contribution in [-0.2, 0) is 0 Å². The fourth-order valence-corrected chi connectivity index (χ4v) is 1.08. The Bertz CT molecular complexity index is 90.6. The highest BCUT2D eigenvalue weighted by Crippen LogP contribution is 2.14. The third-order valence-corrected chi connectivity index (χ3v) is 1.76. The summed E-state index contributed by atoms with van der Waals surface area (Å²) in [6.07, 6.45) is 1.29. The van der Waals surface area contributed by atoms with Crippen molar-refractivity contribution in [1.82, 2.24) is 5.32 Å². The van der Waals surface area contributed by atoms with E-state index in [4.69, 9.17) is 0 Å². The van der Waals surface area contributed by atoms with Gasteiger partial charge in [0.1, 0.15) is 0 Å². The van der Waals surface area contributed by atoms with E-state index in [0.29, 0.717) is 0 Å². The van der Waals surface area contributed by atoms with Crippen molar-refractivity contribution in [1.29, 1.82) is 0 Å². The molecule has 1 N–H and O–H groups in total. The summed E-state index contributed by atoms with van der Waals surface area (Å²) in [6, 6.07) is 0. The minimum Gasteiger partial charge on any atom is -0.316 e. The monoisotopic (exact) mass is 111 g/mol. The van der Waals surface area contributed by atoms with Crippen molar-refractivity contribution in [2.75, 3.05) is 13.1 Å². The van der Waals surface area contributed by atoms with E-state index in [-0.39, 0.29) is 0 Å². The highest BCUT2D eigenvalue weighted by molar-refractivity contribution is 4.99. The molecule has 0 aromatic carbocycles. The molecule has 46 valence electrons. The Hall–Kier alpha value is -0.300. The van der Waals surface area contributed by atoms with Gasteiger partial charge in [-0.05, 0) is 25.8 Å². The molecule has 1 heteroatoms. The van der Waals surface area contributed by atoms with Crippen molar-refractivity contribution in [3.8, 4) is 0 Å². The zero-order chi connectivity index (χ0) is 5.98. The number of nitrogens with one attached hydrogen (secondary N) is 1. The molecule has 1 aliphatic rings. The summed E-state index contributed by atoms with van der Waals surface area (Å²) in [5, 5.41) is 3.29. The molecule has 0 aliphatic carbocycles. The Morgan fingerprint density at radius 2 is 2.50 bits per heavy atom. The van der Waals surface area contributed by atoms with E-state index in [1.54, 1.807) is 0 Å². The molecule has 1 fully saturated rings. The molecule has 0 radical (unpaired) electrons. The Balaban J connectivity index is 2.35. The second-order valence-corrected chi connectivity index (χ2v) is 2.54. The normalized spacial score (nSPS) is 28.4. The second-order valence-electron chi connectivity index (χ2n) is 2.54. The zero-order valence-corrected chi connectivity index (χ0v) is 5.41. The van der Waals surface area contributed by atoms with Crippen molar-refractivity contribution in [2.45, 2.75) is 13.3 Å². The van der Waals surface area contributed by atoms with E-state index in [1.165, 1.54) is 18.5 Å². The first-order chi connectivity index (χ1) is 3.80. The van der Waals surface area contributed by atoms with Gasteiger partial charge in [-0.15, -0.1) is 0 Å². The summed E-state index contributed by atoms with van der Waals surface area (Å²) in [4.78, 5) is 0. The minimum atomic E-state index is 0.759. The fraction of sp³-hybridized carbons (Fsp3) is 0.714. The van der Waals surface area contributed by atoms with Crippen LogP contribution in [0.3, 0.4) is 0 Å². The van der Waals surface area contributed by atoms with Crippen LogP contribution in [0.25, 0.3) is 0 Å². The van der Waals surface area contributed by atoms with Crippen LogP contribution < -0.4 is 5.32 Å². The van der Waals surface area contributed by atoms with Crippen molar-refractivity contribution in [2.24, 2.45) is 5.92 Å². The average molecular weight is 111 g/mol. The highest BCUT2D eigenvalue weighted by Gasteiger charge is 2.13. The molecule has 1 unspecified atom stereocenters. The first-order valence-corrected chi connectivity index (χ1v) is 3.17. The molecular formula is C7H13N. The van der Waals surface area contributed by atoms with Crippen LogP contribution in [-0.4, -0.2) is 13.1 Å². The molecule has 1 heterocycles. The van der Waals surface area contributed by atoms with Crippen LogP contribution in [0.5, 0.6) is 0 Å². The Labute approximate surface area is 50.8 Å². The van der Waals surface area contributed by atoms with E-state index in [9.17, 15) is 0 Å². The van der Waals surface area contributed by atoms with E-state index in [0.717, 1.165) is 12.5 Å². The van der Waals surface area contributed by atoms with Gasteiger partial charge < -0.3 is 5.32 Å². The molecule has 1 aliphatic heterocycles. The molecule has 0 aromatic rings. The quantitative estimate of drug-likeness (QED) is 0.501. The van der Waals surface area contributed by atoms with Gasteiger partial charge in [-0.2, -0.15) is 0 Å². The van der Waals surface area contributed by atoms with Gasteiger partial charge in [0, 0.05) is 6.54 Å². The largest absolute Gasteiger partial charge is 0.316 e. The standard InChI is InChI=1S/C7H13N/c1-6(2)7-3-4-8-5-7/h7-8H,1,3-5H2,2H3. The third-order valence-electron chi connectivity index (χ3n) is 1.76. The first kappa shape index (κ1) is 5.83. The predicted octanol–water partition coefficient (Wildman–Crippen LogP) is 1.17. The van der Waals surface area contributed by atoms with E-state index < -0.39 is 0 Å². The number of hydrogen-bond acceptors (Lipinski definition) is 1. The van der Waals surface area contributed by atoms with Gasteiger partial charge in [-0.3, -0.25) is 0 Å². The number of rotatable bonds is 1. The first-order valence-electron chi connectivity index (χ1n) is 3.17. The Kier molecular flexibility index (Phi) is 1.69. The molecule has 0 bridgehead atoms. The van der Waals surface area contributed by atoms with Crippen molar-refractivity contribution in [3.63, 3.8) is 0 Å². The van der Waals surface area contributed by atoms with Gasteiger partial charge in [0.05, 0.1) is 0 Å². The van der Waals surface area contributed by atoms with Gasteiger partial charge in [0.25, 0.3) is 0 Å². The van der Waals surface area contributed by atoms with E-state index in [2.05, 4.69) is 18.8 Å². The lowest BCUT2D eigenvalue weighted by Crippen LogP contribution is -2.08. The molecule has 1 nitrogen and oxygen atoms in total. The molecule has 8 heavy (non-hydrogen) atoms. The van der Waals surface area contributed by atoms with Crippen LogP contribution in [0.4, 0.5) is 0 Å². The van der Waals surface area contributed by atoms with Crippen molar-refractivity contribution >= 4 is 0 Å². The molecule has 0 spiro atoms. The molecule has 0 aromatic heterocycles. The highest BCUT2D eigenvalue weighted by atomic mass is 14.9. The smallest absolute Gasteiger partial charge is 0.00171 e. The van der Waals surface area contributed by atoms with Gasteiger partial charge in [-0.1, -0.05) is 12.2 Å². The van der Waals surface area contributed by atoms with Crippen LogP contribution >= 0.6 is 0 Å². The topological polar surface area (TPSA) is 12.0 Å². The van der Waals surface area contributed by atoms with Crippen LogP contribution in [0.1, 0.15) is 13.3 Å². The molecule has 1 rings (SSSR count). The SMILES string of the molecule is C=C(C)C1CCNC1. The fourth-order valence-electron chi connectivity index (χ4n) is 1.08. The van der Waals surface area contributed by atoms with E-state index in [1.807, 2.05) is 0 Å². The maximum atomic E-state index is 3.90. The molecular weight excluding hydrogens is 98.1 g/mol. The summed E-state index contributed by atoms with van der Waals surface area (Å²) >= 11 is 0. The zero-order valence-electron chi connectivity index (χ0n) is 5.41. The van der Waals surface area contributed by atoms with Crippen LogP contribution in [0.2, 0.25) is 0 Å². The molecule has 1 saturated heterocycles. The van der Waals surface area contributed by atoms with E-state index >= 15 is 0 Å². The average Bonchev–Trinajstić information content (AvgIpc) is 2.12. The Morgan fingerprint density at radius 3 is 2.75 bits per heavy atom. The lowest BCUT2D eigenvalue weighted by Gasteiger charge is -2.04. The third kappa shape index (κ3) is 1.10. The summed E-state index contributed by atoms with van der Waals surface area (Å²) in [5.41, 5.74) is 1.33. The van der Waals surface area contributed by atoms with Gasteiger partial charge in [0.15, 0.2) is 0 Å². The lowest BCUT2D eigenvalue weighted by molar-refractivity contribution is 0.684. The maximum absolute atomic E-state index is 3.90. The van der Waals surface area contributed by atoms with Crippen molar-refractivity contribution in [3.05, 3.63) is 12.2 Å². The summed E-state index contributed by atoms with van der Waals surface area (Å²) < 4.78 is 0. The van der Waals surface area contributed by atoms with Crippen LogP contribution in [0.15, 0.2) is 12.2 Å². The van der Waals surface area contributed by atoms with Gasteiger partial charge >= 0.3 is 0 Å². The minimum absolute atomic E-state index is 0.759. The molecule has 1 atom stereocenters. The number of hydrogen-bond donors (Lipinski definition) is 1. The van der Waals surface area contributed by atoms with Crippen LogP contribution in [0, 0.1) is 5.92 Å². The maximum Gasteiger partial charge on any atom is 0.00171 e. The van der Waals surface area contributed by atoms with Gasteiger partial charge in [0.2, 0.25) is 0 Å². The summed E-state index contributed by atoms with van der Waals surface area (Å²) in [7, 11) is 0. The second kappa shape index (κ2) is 2.31. The molecule has 0 amide bonds. The Morgan fingerprint density at radius 1 is 1.75 bits per heavy atom. The van der Waals surface area contributed by atoms with Gasteiger partial charge in [-0.25, -0.2) is 0 Å². The predicted molar refractivity (Wildman–Crippen MR) is 35.8 cm³/mol. The summed E-state index contributed by atoms with van der Waals surface area (Å²) in [6.45, 7) is 8.33.